The van der Waals surface area contributed by atoms with Gasteiger partial charge in [-0.3, -0.25) is 9.79 Å². The molecule has 23 heavy (non-hydrogen) atoms. The molecule has 1 aliphatic carbocycles. The van der Waals surface area contributed by atoms with Crippen molar-refractivity contribution in [3.63, 3.8) is 0 Å². The van der Waals surface area contributed by atoms with Gasteiger partial charge in [0, 0.05) is 24.9 Å². The van der Waals surface area contributed by atoms with E-state index in [0.29, 0.717) is 16.5 Å². The second-order valence-corrected chi connectivity index (χ2v) is 6.05. The number of carbonyl (C=O) groups is 1. The molecule has 0 spiro atoms. The summed E-state index contributed by atoms with van der Waals surface area (Å²) in [6, 6.07) is 5.10. The minimum atomic E-state index is -0.359. The van der Waals surface area contributed by atoms with E-state index in [1.807, 2.05) is 0 Å². The highest BCUT2D eigenvalue weighted by atomic mass is 35.5. The maximum absolute atomic E-state index is 12.1. The van der Waals surface area contributed by atoms with Gasteiger partial charge in [0.2, 0.25) is 0 Å². The Hall–Kier alpha value is -1.85. The van der Waals surface area contributed by atoms with Crippen molar-refractivity contribution in [2.75, 3.05) is 19.0 Å². The lowest BCUT2D eigenvalue weighted by molar-refractivity contribution is -0.112. The SMILES string of the molecule is C=C(C=NC)C(=O)Nc1cc(Cl)ccc1OC1CCC(CO)C1. The molecule has 6 heteroatoms. The van der Waals surface area contributed by atoms with Gasteiger partial charge in [0.05, 0.1) is 17.4 Å². The number of benzene rings is 1. The molecule has 0 saturated heterocycles. The largest absolute Gasteiger partial charge is 0.488 e. The lowest BCUT2D eigenvalue weighted by atomic mass is 10.1. The van der Waals surface area contributed by atoms with E-state index in [0.717, 1.165) is 19.3 Å². The summed E-state index contributed by atoms with van der Waals surface area (Å²) in [6.07, 6.45) is 4.06. The molecule has 1 amide bonds. The average Bonchev–Trinajstić information content (AvgIpc) is 2.98. The third kappa shape index (κ3) is 4.81. The van der Waals surface area contributed by atoms with Crippen molar-refractivity contribution in [1.82, 2.24) is 0 Å². The number of carbonyl (C=O) groups excluding carboxylic acids is 1. The highest BCUT2D eigenvalue weighted by Crippen LogP contribution is 2.34. The zero-order chi connectivity index (χ0) is 16.8. The van der Waals surface area contributed by atoms with E-state index in [1.165, 1.54) is 6.21 Å². The zero-order valence-electron chi connectivity index (χ0n) is 13.1. The monoisotopic (exact) mass is 336 g/mol. The molecule has 2 N–H and O–H groups in total. The van der Waals surface area contributed by atoms with E-state index >= 15 is 0 Å². The van der Waals surface area contributed by atoms with Crippen molar-refractivity contribution >= 4 is 29.4 Å². The molecule has 0 radical (unpaired) electrons. The van der Waals surface area contributed by atoms with E-state index in [4.69, 9.17) is 16.3 Å². The van der Waals surface area contributed by atoms with E-state index in [-0.39, 0.29) is 30.1 Å². The van der Waals surface area contributed by atoms with Crippen LogP contribution < -0.4 is 10.1 Å². The highest BCUT2D eigenvalue weighted by molar-refractivity contribution is 6.31. The lowest BCUT2D eigenvalue weighted by Crippen LogP contribution is -2.18. The molecule has 2 rings (SSSR count). The van der Waals surface area contributed by atoms with Crippen LogP contribution in [0.4, 0.5) is 5.69 Å². The predicted molar refractivity (Wildman–Crippen MR) is 92.5 cm³/mol. The number of rotatable bonds is 6. The number of hydrogen-bond acceptors (Lipinski definition) is 4. The second kappa shape index (κ2) is 8.13. The molecular weight excluding hydrogens is 316 g/mol. The molecule has 124 valence electrons. The van der Waals surface area contributed by atoms with Crippen LogP contribution in [0.5, 0.6) is 5.75 Å². The molecule has 0 bridgehead atoms. The molecule has 2 unspecified atom stereocenters. The van der Waals surface area contributed by atoms with E-state index in [1.54, 1.807) is 25.2 Å². The number of nitrogens with one attached hydrogen (secondary N) is 1. The Bertz CT molecular complexity index is 616. The Kier molecular flexibility index (Phi) is 6.19. The molecular formula is C17H21ClN2O3. The number of aliphatic hydroxyl groups is 1. The summed E-state index contributed by atoms with van der Waals surface area (Å²) in [5.74, 6) is 0.487. The first-order valence-electron chi connectivity index (χ1n) is 7.53. The van der Waals surface area contributed by atoms with Crippen LogP contribution in [-0.4, -0.2) is 37.0 Å². The molecule has 0 aromatic heterocycles. The Morgan fingerprint density at radius 3 is 3.00 bits per heavy atom. The number of nitrogens with zero attached hydrogens (tertiary/aromatic N) is 1. The Balaban J connectivity index is 2.11. The van der Waals surface area contributed by atoms with Crippen LogP contribution in [0, 0.1) is 5.92 Å². The molecule has 1 saturated carbocycles. The molecule has 0 heterocycles. The summed E-state index contributed by atoms with van der Waals surface area (Å²) in [5.41, 5.74) is 0.750. The van der Waals surface area contributed by atoms with Crippen LogP contribution in [0.3, 0.4) is 0 Å². The molecule has 1 fully saturated rings. The summed E-state index contributed by atoms with van der Waals surface area (Å²) < 4.78 is 5.99. The molecule has 1 aromatic rings. The topological polar surface area (TPSA) is 70.9 Å². The van der Waals surface area contributed by atoms with Crippen LogP contribution in [0.1, 0.15) is 19.3 Å². The predicted octanol–water partition coefficient (Wildman–Crippen LogP) is 3.08. The Labute approximate surface area is 141 Å². The van der Waals surface area contributed by atoms with Crippen LogP contribution in [0.15, 0.2) is 35.3 Å². The van der Waals surface area contributed by atoms with Crippen molar-refractivity contribution < 1.29 is 14.6 Å². The van der Waals surface area contributed by atoms with Gasteiger partial charge in [-0.1, -0.05) is 18.2 Å². The molecule has 2 atom stereocenters. The van der Waals surface area contributed by atoms with Crippen molar-refractivity contribution in [3.8, 4) is 5.75 Å². The first-order valence-corrected chi connectivity index (χ1v) is 7.90. The third-order valence-corrected chi connectivity index (χ3v) is 4.05. The quantitative estimate of drug-likeness (QED) is 0.619. The fraction of sp³-hybridized carbons (Fsp3) is 0.412. The second-order valence-electron chi connectivity index (χ2n) is 5.61. The van der Waals surface area contributed by atoms with E-state index in [2.05, 4.69) is 16.9 Å². The van der Waals surface area contributed by atoms with Gasteiger partial charge in [-0.05, 0) is 43.4 Å². The Morgan fingerprint density at radius 1 is 1.57 bits per heavy atom. The number of ether oxygens (including phenoxy) is 1. The van der Waals surface area contributed by atoms with Crippen molar-refractivity contribution in [1.29, 1.82) is 0 Å². The van der Waals surface area contributed by atoms with Gasteiger partial charge < -0.3 is 15.2 Å². The van der Waals surface area contributed by atoms with Crippen LogP contribution >= 0.6 is 11.6 Å². The normalized spacial score (nSPS) is 20.7. The number of aliphatic hydroxyl groups excluding tert-OH is 1. The average molecular weight is 337 g/mol. The Morgan fingerprint density at radius 2 is 2.35 bits per heavy atom. The maximum atomic E-state index is 12.1. The van der Waals surface area contributed by atoms with Crippen LogP contribution in [0.2, 0.25) is 5.02 Å². The number of anilines is 1. The molecule has 5 nitrogen and oxygen atoms in total. The first kappa shape index (κ1) is 17.5. The summed E-state index contributed by atoms with van der Waals surface area (Å²) in [4.78, 5) is 15.8. The van der Waals surface area contributed by atoms with Crippen molar-refractivity contribution in [2.24, 2.45) is 10.9 Å². The number of amides is 1. The minimum absolute atomic E-state index is 0.0318. The summed E-state index contributed by atoms with van der Waals surface area (Å²) in [6.45, 7) is 3.83. The number of halogens is 1. The van der Waals surface area contributed by atoms with Gasteiger partial charge in [-0.15, -0.1) is 0 Å². The minimum Gasteiger partial charge on any atom is -0.488 e. The molecule has 1 aliphatic rings. The molecule has 1 aromatic carbocycles. The number of aliphatic imine (C=N–C) groups is 1. The van der Waals surface area contributed by atoms with Gasteiger partial charge in [-0.25, -0.2) is 0 Å². The third-order valence-electron chi connectivity index (χ3n) is 3.81. The smallest absolute Gasteiger partial charge is 0.256 e. The van der Waals surface area contributed by atoms with E-state index in [9.17, 15) is 9.90 Å². The fourth-order valence-electron chi connectivity index (χ4n) is 2.60. The van der Waals surface area contributed by atoms with E-state index < -0.39 is 0 Å². The number of hydrogen-bond donors (Lipinski definition) is 2. The van der Waals surface area contributed by atoms with Gasteiger partial charge >= 0.3 is 0 Å². The van der Waals surface area contributed by atoms with Gasteiger partial charge in [0.25, 0.3) is 5.91 Å². The first-order chi connectivity index (χ1) is 11.0. The maximum Gasteiger partial charge on any atom is 0.256 e. The summed E-state index contributed by atoms with van der Waals surface area (Å²) in [7, 11) is 1.57. The van der Waals surface area contributed by atoms with Crippen molar-refractivity contribution in [3.05, 3.63) is 35.4 Å². The van der Waals surface area contributed by atoms with Gasteiger partial charge in [-0.2, -0.15) is 0 Å². The lowest BCUT2D eigenvalue weighted by Gasteiger charge is -2.17. The van der Waals surface area contributed by atoms with Crippen LogP contribution in [-0.2, 0) is 4.79 Å². The van der Waals surface area contributed by atoms with Crippen LogP contribution in [0.25, 0.3) is 0 Å². The van der Waals surface area contributed by atoms with Gasteiger partial charge in [0.1, 0.15) is 5.75 Å². The highest BCUT2D eigenvalue weighted by Gasteiger charge is 2.26. The fourth-order valence-corrected chi connectivity index (χ4v) is 2.77. The summed E-state index contributed by atoms with van der Waals surface area (Å²) >= 11 is 6.01. The summed E-state index contributed by atoms with van der Waals surface area (Å²) in [5, 5.41) is 12.5. The van der Waals surface area contributed by atoms with Crippen molar-refractivity contribution in [2.45, 2.75) is 25.4 Å². The standard InChI is InChI=1S/C17H21ClN2O3/c1-11(9-19-2)17(22)20-15-8-13(18)4-6-16(15)23-14-5-3-12(7-14)10-21/h4,6,8-9,12,14,21H,1,3,5,7,10H2,2H3,(H,20,22). The zero-order valence-corrected chi connectivity index (χ0v) is 13.8. The molecule has 0 aliphatic heterocycles. The van der Waals surface area contributed by atoms with Gasteiger partial charge in [0.15, 0.2) is 0 Å².